The van der Waals surface area contributed by atoms with Crippen molar-refractivity contribution < 1.29 is 4.42 Å². The van der Waals surface area contributed by atoms with Crippen LogP contribution in [0.2, 0.25) is 0 Å². The smallest absolute Gasteiger partial charge is 0.191 e. The highest BCUT2D eigenvalue weighted by atomic mass is 32.1. The molecule has 0 aliphatic carbocycles. The minimum Gasteiger partial charge on any atom is -0.468 e. The van der Waals surface area contributed by atoms with Crippen LogP contribution in [0.4, 0.5) is 0 Å². The molecule has 0 bridgehead atoms. The molecule has 1 atom stereocenters. The topological polar surface area (TPSA) is 65.7 Å². The van der Waals surface area contributed by atoms with Gasteiger partial charge in [0.2, 0.25) is 0 Å². The fraction of sp³-hybridized carbons (Fsp3) is 0.579. The number of furan rings is 1. The van der Waals surface area contributed by atoms with Crippen molar-refractivity contribution in [2.45, 2.75) is 39.2 Å². The monoisotopic (exact) mass is 375 g/mol. The van der Waals surface area contributed by atoms with Gasteiger partial charge in [0.15, 0.2) is 5.96 Å². The highest BCUT2D eigenvalue weighted by Gasteiger charge is 2.25. The van der Waals surface area contributed by atoms with Gasteiger partial charge in [-0.15, -0.1) is 11.3 Å². The molecule has 3 heterocycles. The maximum absolute atomic E-state index is 5.68. The summed E-state index contributed by atoms with van der Waals surface area (Å²) in [5.74, 6) is 1.85. The number of aromatic nitrogens is 1. The van der Waals surface area contributed by atoms with Crippen molar-refractivity contribution in [2.24, 2.45) is 4.99 Å². The van der Waals surface area contributed by atoms with Crippen molar-refractivity contribution in [2.75, 3.05) is 33.2 Å². The van der Waals surface area contributed by atoms with Gasteiger partial charge in [-0.1, -0.05) is 0 Å². The third-order valence-electron chi connectivity index (χ3n) is 4.78. The van der Waals surface area contributed by atoms with Crippen LogP contribution in [-0.2, 0) is 6.42 Å². The molecule has 0 saturated carbocycles. The summed E-state index contributed by atoms with van der Waals surface area (Å²) < 4.78 is 5.68. The number of nitrogens with zero attached hydrogens (tertiary/aromatic N) is 3. The highest BCUT2D eigenvalue weighted by molar-refractivity contribution is 7.11. The lowest BCUT2D eigenvalue weighted by Crippen LogP contribution is -2.43. The van der Waals surface area contributed by atoms with Crippen LogP contribution < -0.4 is 10.6 Å². The van der Waals surface area contributed by atoms with Gasteiger partial charge in [0.1, 0.15) is 5.76 Å². The molecule has 0 spiro atoms. The molecule has 142 valence electrons. The fourth-order valence-corrected chi connectivity index (χ4v) is 4.39. The molecular formula is C19H29N5OS. The van der Waals surface area contributed by atoms with Crippen molar-refractivity contribution in [1.82, 2.24) is 20.5 Å². The molecular weight excluding hydrogens is 346 g/mol. The predicted octanol–water partition coefficient (Wildman–Crippen LogP) is 2.90. The summed E-state index contributed by atoms with van der Waals surface area (Å²) in [4.78, 5) is 12.7. The van der Waals surface area contributed by atoms with E-state index in [9.17, 15) is 0 Å². The second-order valence-electron chi connectivity index (χ2n) is 6.65. The first-order valence-corrected chi connectivity index (χ1v) is 10.1. The van der Waals surface area contributed by atoms with Crippen LogP contribution in [-0.4, -0.2) is 49.1 Å². The van der Waals surface area contributed by atoms with Gasteiger partial charge in [-0.25, -0.2) is 4.98 Å². The average Bonchev–Trinajstić information content (AvgIpc) is 3.37. The van der Waals surface area contributed by atoms with Crippen LogP contribution in [0.1, 0.15) is 40.2 Å². The molecule has 0 amide bonds. The number of rotatable bonds is 7. The van der Waals surface area contributed by atoms with E-state index in [0.29, 0.717) is 0 Å². The number of hydrogen-bond donors (Lipinski definition) is 2. The van der Waals surface area contributed by atoms with E-state index in [1.54, 1.807) is 17.6 Å². The molecule has 7 heteroatoms. The first kappa shape index (κ1) is 18.9. The zero-order valence-corrected chi connectivity index (χ0v) is 16.7. The molecule has 1 fully saturated rings. The maximum atomic E-state index is 5.68. The maximum Gasteiger partial charge on any atom is 0.191 e. The second-order valence-corrected chi connectivity index (χ2v) is 7.93. The third kappa shape index (κ3) is 4.86. The van der Waals surface area contributed by atoms with Crippen molar-refractivity contribution in [1.29, 1.82) is 0 Å². The minimum absolute atomic E-state index is 0.248. The molecule has 1 saturated heterocycles. The van der Waals surface area contributed by atoms with E-state index in [0.717, 1.165) is 55.0 Å². The van der Waals surface area contributed by atoms with Crippen molar-refractivity contribution >= 4 is 17.3 Å². The molecule has 1 aliphatic heterocycles. The number of hydrogen-bond acceptors (Lipinski definition) is 5. The van der Waals surface area contributed by atoms with E-state index in [2.05, 4.69) is 45.4 Å². The van der Waals surface area contributed by atoms with Crippen LogP contribution in [0.25, 0.3) is 0 Å². The van der Waals surface area contributed by atoms with Gasteiger partial charge in [-0.05, 0) is 51.9 Å². The fourth-order valence-electron chi connectivity index (χ4n) is 3.46. The van der Waals surface area contributed by atoms with E-state index >= 15 is 0 Å². The second kappa shape index (κ2) is 9.19. The molecule has 2 aromatic heterocycles. The quantitative estimate of drug-likeness (QED) is 0.575. The molecule has 1 unspecified atom stereocenters. The van der Waals surface area contributed by atoms with Crippen LogP contribution >= 0.6 is 11.3 Å². The van der Waals surface area contributed by atoms with Gasteiger partial charge in [-0.2, -0.15) is 0 Å². The Morgan fingerprint density at radius 3 is 2.77 bits per heavy atom. The normalized spacial score (nSPS) is 16.8. The van der Waals surface area contributed by atoms with Crippen molar-refractivity contribution in [3.05, 3.63) is 39.7 Å². The molecule has 2 N–H and O–H groups in total. The Kier molecular flexibility index (Phi) is 6.68. The molecule has 3 rings (SSSR count). The standard InChI is InChI=1S/C19H29N5OS/c1-14-18(26-15(2)23-14)8-9-21-19(20-3)22-13-16(17-7-6-12-25-17)24-10-4-5-11-24/h6-7,12,16H,4-5,8-11,13H2,1-3H3,(H2,20,21,22). The number of likely N-dealkylation sites (tertiary alicyclic amines) is 1. The number of nitrogens with one attached hydrogen (secondary N) is 2. The minimum atomic E-state index is 0.248. The zero-order chi connectivity index (χ0) is 18.4. The van der Waals surface area contributed by atoms with Gasteiger partial charge in [-0.3, -0.25) is 9.89 Å². The molecule has 1 aliphatic rings. The number of aryl methyl sites for hydroxylation is 2. The highest BCUT2D eigenvalue weighted by Crippen LogP contribution is 2.24. The largest absolute Gasteiger partial charge is 0.468 e. The first-order valence-electron chi connectivity index (χ1n) is 9.32. The summed E-state index contributed by atoms with van der Waals surface area (Å²) in [6, 6.07) is 4.28. The number of guanidine groups is 1. The van der Waals surface area contributed by atoms with Crippen LogP contribution in [0.15, 0.2) is 27.8 Å². The lowest BCUT2D eigenvalue weighted by molar-refractivity contribution is 0.215. The van der Waals surface area contributed by atoms with Crippen molar-refractivity contribution in [3.8, 4) is 0 Å². The molecule has 6 nitrogen and oxygen atoms in total. The summed E-state index contributed by atoms with van der Waals surface area (Å²) in [7, 11) is 1.81. The Balaban J connectivity index is 1.51. The SMILES string of the molecule is CN=C(NCCc1sc(C)nc1C)NCC(c1ccco1)N1CCCC1. The Labute approximate surface area is 159 Å². The summed E-state index contributed by atoms with van der Waals surface area (Å²) in [5.41, 5.74) is 1.14. The molecule has 0 radical (unpaired) electrons. The van der Waals surface area contributed by atoms with Gasteiger partial charge in [0, 0.05) is 31.4 Å². The molecule has 26 heavy (non-hydrogen) atoms. The van der Waals surface area contributed by atoms with Gasteiger partial charge in [0.25, 0.3) is 0 Å². The number of aliphatic imine (C=N–C) groups is 1. The third-order valence-corrected chi connectivity index (χ3v) is 5.92. The van der Waals surface area contributed by atoms with Gasteiger partial charge >= 0.3 is 0 Å². The Bertz CT molecular complexity index is 704. The first-order chi connectivity index (χ1) is 12.7. The van der Waals surface area contributed by atoms with E-state index < -0.39 is 0 Å². The lowest BCUT2D eigenvalue weighted by atomic mass is 10.2. The van der Waals surface area contributed by atoms with Gasteiger partial charge < -0.3 is 15.1 Å². The van der Waals surface area contributed by atoms with Gasteiger partial charge in [0.05, 0.1) is 23.0 Å². The lowest BCUT2D eigenvalue weighted by Gasteiger charge is -2.26. The number of thiazole rings is 1. The van der Waals surface area contributed by atoms with E-state index in [1.807, 2.05) is 13.1 Å². The average molecular weight is 376 g/mol. The van der Waals surface area contributed by atoms with Crippen LogP contribution in [0, 0.1) is 13.8 Å². The summed E-state index contributed by atoms with van der Waals surface area (Å²) in [6.07, 6.45) is 5.24. The molecule has 0 aromatic carbocycles. The van der Waals surface area contributed by atoms with E-state index in [-0.39, 0.29) is 6.04 Å². The van der Waals surface area contributed by atoms with Crippen LogP contribution in [0.3, 0.4) is 0 Å². The molecule has 2 aromatic rings. The summed E-state index contributed by atoms with van der Waals surface area (Å²) >= 11 is 1.78. The van der Waals surface area contributed by atoms with E-state index in [1.165, 1.54) is 17.7 Å². The summed E-state index contributed by atoms with van der Waals surface area (Å²) in [5, 5.41) is 8.01. The predicted molar refractivity (Wildman–Crippen MR) is 107 cm³/mol. The zero-order valence-electron chi connectivity index (χ0n) is 15.9. The Morgan fingerprint density at radius 2 is 2.15 bits per heavy atom. The van der Waals surface area contributed by atoms with E-state index in [4.69, 9.17) is 4.42 Å². The Morgan fingerprint density at radius 1 is 1.35 bits per heavy atom. The summed E-state index contributed by atoms with van der Waals surface area (Å²) in [6.45, 7) is 8.02. The van der Waals surface area contributed by atoms with Crippen molar-refractivity contribution in [3.63, 3.8) is 0 Å². The van der Waals surface area contributed by atoms with Crippen LogP contribution in [0.5, 0.6) is 0 Å². The Hall–Kier alpha value is -1.86.